The Hall–Kier alpha value is -0.0400. The predicted molar refractivity (Wildman–Crippen MR) is 44.9 cm³/mol. The monoisotopic (exact) mass is 186 g/mol. The first-order valence-corrected chi connectivity index (χ1v) is 4.44. The van der Waals surface area contributed by atoms with Crippen molar-refractivity contribution in [2.45, 2.75) is 19.3 Å². The van der Waals surface area contributed by atoms with Crippen LogP contribution in [0.4, 0.5) is 0 Å². The maximum absolute atomic E-state index is 3.38. The van der Waals surface area contributed by atoms with Crippen molar-refractivity contribution >= 4 is 15.9 Å². The topological polar surface area (TPSA) is 0 Å². The van der Waals surface area contributed by atoms with Gasteiger partial charge in [0.15, 0.2) is 0 Å². The summed E-state index contributed by atoms with van der Waals surface area (Å²) in [6.45, 7) is 0. The maximum atomic E-state index is 3.38. The number of hydrogen-bond acceptors (Lipinski definition) is 0. The summed E-state index contributed by atoms with van der Waals surface area (Å²) >= 11 is 3.38. The lowest BCUT2D eigenvalue weighted by Crippen LogP contribution is -1.87. The summed E-state index contributed by atoms with van der Waals surface area (Å²) in [6, 6.07) is 0. The van der Waals surface area contributed by atoms with E-state index in [2.05, 4.69) is 34.2 Å². The molecule has 0 aromatic carbocycles. The van der Waals surface area contributed by atoms with Gasteiger partial charge in [-0.25, -0.2) is 0 Å². The highest BCUT2D eigenvalue weighted by Gasteiger charge is 1.96. The Balaban J connectivity index is 2.43. The lowest BCUT2D eigenvalue weighted by molar-refractivity contribution is 0.897. The lowest BCUT2D eigenvalue weighted by atomic mass is 10.0. The molecule has 1 aliphatic rings. The second kappa shape index (κ2) is 3.89. The summed E-state index contributed by atoms with van der Waals surface area (Å²) in [6.07, 6.45) is 10.4. The number of rotatable bonds is 1. The third-order valence-electron chi connectivity index (χ3n) is 1.54. The first-order chi connectivity index (χ1) is 4.43. The zero-order chi connectivity index (χ0) is 6.53. The lowest BCUT2D eigenvalue weighted by Gasteiger charge is -2.06. The summed E-state index contributed by atoms with van der Waals surface area (Å²) in [7, 11) is 0. The average Bonchev–Trinajstić information content (AvgIpc) is 1.91. The summed E-state index contributed by atoms with van der Waals surface area (Å²) in [5, 5.41) is 1.01. The van der Waals surface area contributed by atoms with E-state index in [0.29, 0.717) is 0 Å². The first kappa shape index (κ1) is 7.07. The molecule has 1 rings (SSSR count). The molecular formula is C8H11Br. The van der Waals surface area contributed by atoms with Crippen molar-refractivity contribution in [3.05, 3.63) is 23.8 Å². The molecule has 0 saturated carbocycles. The Labute approximate surface area is 64.8 Å². The van der Waals surface area contributed by atoms with Gasteiger partial charge in [-0.05, 0) is 19.3 Å². The van der Waals surface area contributed by atoms with Gasteiger partial charge in [0.1, 0.15) is 0 Å². The van der Waals surface area contributed by atoms with Crippen LogP contribution in [0.5, 0.6) is 0 Å². The van der Waals surface area contributed by atoms with E-state index in [4.69, 9.17) is 0 Å². The van der Waals surface area contributed by atoms with Crippen LogP contribution >= 0.6 is 15.9 Å². The van der Waals surface area contributed by atoms with Gasteiger partial charge in [-0.2, -0.15) is 0 Å². The molecule has 0 spiro atoms. The molecule has 0 atom stereocenters. The van der Waals surface area contributed by atoms with E-state index in [9.17, 15) is 0 Å². The molecule has 50 valence electrons. The van der Waals surface area contributed by atoms with Gasteiger partial charge in [0.05, 0.1) is 0 Å². The van der Waals surface area contributed by atoms with Crippen molar-refractivity contribution < 1.29 is 0 Å². The van der Waals surface area contributed by atoms with E-state index >= 15 is 0 Å². The number of alkyl halides is 1. The second-order valence-corrected chi connectivity index (χ2v) is 2.88. The molecule has 0 amide bonds. The van der Waals surface area contributed by atoms with Gasteiger partial charge < -0.3 is 0 Å². The quantitative estimate of drug-likeness (QED) is 0.437. The fourth-order valence-corrected chi connectivity index (χ4v) is 1.48. The zero-order valence-electron chi connectivity index (χ0n) is 5.44. The van der Waals surface area contributed by atoms with E-state index in [0.717, 1.165) is 5.33 Å². The molecule has 0 N–H and O–H groups in total. The SMILES string of the molecule is BrCC=C1CC=CCC1. The van der Waals surface area contributed by atoms with Crippen molar-refractivity contribution in [3.63, 3.8) is 0 Å². The first-order valence-electron chi connectivity index (χ1n) is 3.32. The van der Waals surface area contributed by atoms with Gasteiger partial charge in [-0.1, -0.05) is 39.7 Å². The van der Waals surface area contributed by atoms with E-state index in [1.807, 2.05) is 0 Å². The fraction of sp³-hybridized carbons (Fsp3) is 0.500. The molecule has 0 fully saturated rings. The van der Waals surface area contributed by atoms with Gasteiger partial charge in [0, 0.05) is 5.33 Å². The largest absolute Gasteiger partial charge is 0.0883 e. The Morgan fingerprint density at radius 3 is 3.00 bits per heavy atom. The van der Waals surface area contributed by atoms with Crippen LogP contribution in [0.3, 0.4) is 0 Å². The normalized spacial score (nSPS) is 23.0. The minimum Gasteiger partial charge on any atom is -0.0883 e. The van der Waals surface area contributed by atoms with Crippen LogP contribution in [-0.4, -0.2) is 5.33 Å². The molecule has 0 bridgehead atoms. The molecular weight excluding hydrogens is 176 g/mol. The standard InChI is InChI=1S/C8H11Br/c9-7-6-8-4-2-1-3-5-8/h1-2,6H,3-5,7H2. The van der Waals surface area contributed by atoms with Crippen molar-refractivity contribution in [3.8, 4) is 0 Å². The van der Waals surface area contributed by atoms with Crippen molar-refractivity contribution in [1.82, 2.24) is 0 Å². The smallest absolute Gasteiger partial charge is 0.0214 e. The van der Waals surface area contributed by atoms with Crippen LogP contribution < -0.4 is 0 Å². The highest BCUT2D eigenvalue weighted by atomic mass is 79.9. The summed E-state index contributed by atoms with van der Waals surface area (Å²) in [5.41, 5.74) is 1.58. The molecule has 0 unspecified atom stereocenters. The Morgan fingerprint density at radius 1 is 1.56 bits per heavy atom. The molecule has 0 aliphatic heterocycles. The minimum atomic E-state index is 1.01. The van der Waals surface area contributed by atoms with Gasteiger partial charge in [-0.15, -0.1) is 0 Å². The number of allylic oxidation sites excluding steroid dienone is 4. The fourth-order valence-electron chi connectivity index (χ4n) is 1.02. The molecule has 0 heterocycles. The molecule has 1 heteroatoms. The number of hydrogen-bond donors (Lipinski definition) is 0. The third-order valence-corrected chi connectivity index (χ3v) is 1.87. The molecule has 0 nitrogen and oxygen atoms in total. The van der Waals surface area contributed by atoms with Crippen molar-refractivity contribution in [2.24, 2.45) is 0 Å². The third kappa shape index (κ3) is 2.35. The van der Waals surface area contributed by atoms with Gasteiger partial charge >= 0.3 is 0 Å². The van der Waals surface area contributed by atoms with E-state index in [-0.39, 0.29) is 0 Å². The molecule has 0 aromatic rings. The van der Waals surface area contributed by atoms with Crippen LogP contribution in [-0.2, 0) is 0 Å². The second-order valence-electron chi connectivity index (χ2n) is 2.23. The van der Waals surface area contributed by atoms with E-state index in [1.54, 1.807) is 5.57 Å². The van der Waals surface area contributed by atoms with Crippen LogP contribution in [0.15, 0.2) is 23.8 Å². The van der Waals surface area contributed by atoms with Gasteiger partial charge in [0.25, 0.3) is 0 Å². The zero-order valence-corrected chi connectivity index (χ0v) is 7.02. The van der Waals surface area contributed by atoms with Crippen molar-refractivity contribution in [2.75, 3.05) is 5.33 Å². The van der Waals surface area contributed by atoms with Crippen LogP contribution in [0.25, 0.3) is 0 Å². The predicted octanol–water partition coefficient (Wildman–Crippen LogP) is 3.05. The minimum absolute atomic E-state index is 1.01. The highest BCUT2D eigenvalue weighted by Crippen LogP contribution is 2.16. The Bertz CT molecular complexity index is 134. The molecule has 0 saturated heterocycles. The van der Waals surface area contributed by atoms with Crippen LogP contribution in [0.1, 0.15) is 19.3 Å². The average molecular weight is 187 g/mol. The highest BCUT2D eigenvalue weighted by molar-refractivity contribution is 9.09. The van der Waals surface area contributed by atoms with Crippen molar-refractivity contribution in [1.29, 1.82) is 0 Å². The molecule has 1 aliphatic carbocycles. The Morgan fingerprint density at radius 2 is 2.44 bits per heavy atom. The van der Waals surface area contributed by atoms with E-state index in [1.165, 1.54) is 19.3 Å². The Kier molecular flexibility index (Phi) is 3.05. The summed E-state index contributed by atoms with van der Waals surface area (Å²) < 4.78 is 0. The summed E-state index contributed by atoms with van der Waals surface area (Å²) in [5.74, 6) is 0. The van der Waals surface area contributed by atoms with Gasteiger partial charge in [0.2, 0.25) is 0 Å². The number of halogens is 1. The molecule has 0 aromatic heterocycles. The molecule has 9 heavy (non-hydrogen) atoms. The van der Waals surface area contributed by atoms with Gasteiger partial charge in [-0.3, -0.25) is 0 Å². The molecule has 0 radical (unpaired) electrons. The van der Waals surface area contributed by atoms with Crippen LogP contribution in [0, 0.1) is 0 Å². The summed E-state index contributed by atoms with van der Waals surface area (Å²) in [4.78, 5) is 0. The van der Waals surface area contributed by atoms with Crippen LogP contribution in [0.2, 0.25) is 0 Å². The maximum Gasteiger partial charge on any atom is 0.0214 e. The van der Waals surface area contributed by atoms with E-state index < -0.39 is 0 Å².